The van der Waals surface area contributed by atoms with Crippen LogP contribution in [0.3, 0.4) is 0 Å². The van der Waals surface area contributed by atoms with Crippen molar-refractivity contribution >= 4 is 27.1 Å². The van der Waals surface area contributed by atoms with Crippen molar-refractivity contribution in [1.29, 1.82) is 0 Å². The van der Waals surface area contributed by atoms with Crippen LogP contribution in [0, 0.1) is 0 Å². The first kappa shape index (κ1) is 8.83. The minimum Gasteiger partial charge on any atom is -0.438 e. The van der Waals surface area contributed by atoms with Crippen LogP contribution < -0.4 is 0 Å². The molecule has 0 aliphatic heterocycles. The molecule has 0 aliphatic rings. The van der Waals surface area contributed by atoms with Gasteiger partial charge in [-0.1, -0.05) is 6.55 Å². The fraction of sp³-hybridized carbons (Fsp3) is 1.00. The lowest BCUT2D eigenvalue weighted by Crippen LogP contribution is -1.65. The summed E-state index contributed by atoms with van der Waals surface area (Å²) >= 11 is 0. The van der Waals surface area contributed by atoms with E-state index in [0.29, 0.717) is 0 Å². The summed E-state index contributed by atoms with van der Waals surface area (Å²) in [6.07, 6.45) is 0. The predicted molar refractivity (Wildman–Crippen MR) is 26.6 cm³/mol. The average Bonchev–Trinajstić information content (AvgIpc) is 0.918. The van der Waals surface area contributed by atoms with Crippen LogP contribution in [-0.2, 0) is 0 Å². The van der Waals surface area contributed by atoms with Crippen LogP contribution in [-0.4, -0.2) is 31.9 Å². The molecule has 3 heteroatoms. The molecule has 0 spiro atoms. The lowest BCUT2D eigenvalue weighted by molar-refractivity contribution is 0.610. The molecule has 0 aromatic rings. The van der Waals surface area contributed by atoms with E-state index in [0.717, 1.165) is 0 Å². The van der Waals surface area contributed by atoms with Crippen molar-refractivity contribution in [3.05, 3.63) is 0 Å². The lowest BCUT2D eigenvalue weighted by Gasteiger charge is -1.49. The van der Waals surface area contributed by atoms with E-state index in [-0.39, 0.29) is 17.4 Å². The summed E-state index contributed by atoms with van der Waals surface area (Å²) < 4.78 is 0. The lowest BCUT2D eigenvalue weighted by atomic mass is 11.9. The second-order valence-electron chi connectivity index (χ2n) is 0.316. The molecule has 0 atom stereocenters. The Hall–Kier alpha value is 0.709. The summed E-state index contributed by atoms with van der Waals surface area (Å²) in [5.41, 5.74) is 0. The van der Waals surface area contributed by atoms with Crippen LogP contribution in [0.15, 0.2) is 0 Å². The second-order valence-corrected chi connectivity index (χ2v) is 0.949. The van der Waals surface area contributed by atoms with E-state index < -0.39 is 9.76 Å². The van der Waals surface area contributed by atoms with E-state index in [1.54, 1.807) is 0 Å². The zero-order valence-electron chi connectivity index (χ0n) is 2.15. The summed E-state index contributed by atoms with van der Waals surface area (Å²) in [5.74, 6) is 0. The highest BCUT2D eigenvalue weighted by atomic mass is 28.2. The van der Waals surface area contributed by atoms with E-state index >= 15 is 0 Å². The molecule has 4 heavy (non-hydrogen) atoms. The molecule has 26 valence electrons. The highest BCUT2D eigenvalue weighted by molar-refractivity contribution is 6.22. The van der Waals surface area contributed by atoms with Gasteiger partial charge in [0.1, 0.15) is 0 Å². The van der Waals surface area contributed by atoms with Crippen LogP contribution in [0.4, 0.5) is 0 Å². The van der Waals surface area contributed by atoms with Crippen molar-refractivity contribution in [2.75, 3.05) is 0 Å². The smallest absolute Gasteiger partial charge is 0.187 e. The third kappa shape index (κ3) is 15.7. The molecule has 0 aromatic heterocycles. The minimum atomic E-state index is -0.583. The summed E-state index contributed by atoms with van der Waals surface area (Å²) in [4.78, 5) is 7.71. The third-order valence-corrected chi connectivity index (χ3v) is 0. The topological polar surface area (TPSA) is 20.2 Å². The Morgan fingerprint density at radius 2 is 1.75 bits per heavy atom. The van der Waals surface area contributed by atoms with Gasteiger partial charge >= 0.3 is 0 Å². The zero-order chi connectivity index (χ0) is 2.71. The Balaban J connectivity index is 0. The van der Waals surface area contributed by atoms with Gasteiger partial charge in [-0.3, -0.25) is 0 Å². The first-order valence-corrected chi connectivity index (χ1v) is 3.07. The van der Waals surface area contributed by atoms with E-state index in [1.807, 2.05) is 6.55 Å². The summed E-state index contributed by atoms with van der Waals surface area (Å²) in [7, 11) is -0.583. The Morgan fingerprint density at radius 3 is 1.75 bits per heavy atom. The maximum Gasteiger partial charge on any atom is 0.187 e. The SMILES string of the molecule is C[SiH2]O.[AlH3]. The monoisotopic (exact) mass is 92.0 g/mol. The van der Waals surface area contributed by atoms with E-state index in [1.165, 1.54) is 0 Å². The van der Waals surface area contributed by atoms with Gasteiger partial charge < -0.3 is 4.80 Å². The Bertz CT molecular complexity index is 8.00. The van der Waals surface area contributed by atoms with Crippen molar-refractivity contribution in [2.45, 2.75) is 6.55 Å². The minimum absolute atomic E-state index is 0. The van der Waals surface area contributed by atoms with Crippen LogP contribution in [0.5, 0.6) is 0 Å². The zero-order valence-corrected chi connectivity index (χ0v) is 3.57. The molecule has 0 aromatic carbocycles. The number of rotatable bonds is 0. The van der Waals surface area contributed by atoms with Gasteiger partial charge in [0.2, 0.25) is 0 Å². The molecule has 0 rings (SSSR count). The van der Waals surface area contributed by atoms with Crippen LogP contribution in [0.2, 0.25) is 6.55 Å². The third-order valence-electron chi connectivity index (χ3n) is 0. The van der Waals surface area contributed by atoms with Crippen molar-refractivity contribution < 1.29 is 4.80 Å². The molecule has 0 unspecified atom stereocenters. The highest BCUT2D eigenvalue weighted by Gasteiger charge is 1.39. The predicted octanol–water partition coefficient (Wildman–Crippen LogP) is -2.07. The fourth-order valence-corrected chi connectivity index (χ4v) is 0. The Labute approximate surface area is 39.1 Å². The van der Waals surface area contributed by atoms with Gasteiger partial charge in [0.15, 0.2) is 27.1 Å². The van der Waals surface area contributed by atoms with Crippen molar-refractivity contribution in [1.82, 2.24) is 0 Å². The van der Waals surface area contributed by atoms with Gasteiger partial charge in [-0.25, -0.2) is 0 Å². The summed E-state index contributed by atoms with van der Waals surface area (Å²) in [6.45, 7) is 1.82. The fourth-order valence-electron chi connectivity index (χ4n) is 0. The molecule has 0 saturated heterocycles. The van der Waals surface area contributed by atoms with E-state index in [2.05, 4.69) is 0 Å². The van der Waals surface area contributed by atoms with E-state index in [4.69, 9.17) is 4.80 Å². The van der Waals surface area contributed by atoms with Crippen LogP contribution in [0.1, 0.15) is 0 Å². The molecule has 0 fully saturated rings. The molecule has 0 radical (unpaired) electrons. The molecule has 0 bridgehead atoms. The summed E-state index contributed by atoms with van der Waals surface area (Å²) in [5, 5.41) is 0. The van der Waals surface area contributed by atoms with Gasteiger partial charge in [-0.2, -0.15) is 0 Å². The molecule has 1 N–H and O–H groups in total. The molecule has 0 amide bonds. The maximum atomic E-state index is 7.71. The normalized spacial score (nSPS) is 7.50. The molecule has 0 heterocycles. The van der Waals surface area contributed by atoms with Crippen LogP contribution >= 0.6 is 0 Å². The molecular weight excluding hydrogens is 83.1 g/mol. The Kier molecular flexibility index (Phi) is 20.6. The van der Waals surface area contributed by atoms with Crippen LogP contribution in [0.25, 0.3) is 0 Å². The van der Waals surface area contributed by atoms with Crippen molar-refractivity contribution in [3.8, 4) is 0 Å². The van der Waals surface area contributed by atoms with Gasteiger partial charge in [0.25, 0.3) is 0 Å². The van der Waals surface area contributed by atoms with Crippen molar-refractivity contribution in [2.24, 2.45) is 0 Å². The first-order valence-electron chi connectivity index (χ1n) is 1.02. The number of hydrogen-bond donors (Lipinski definition) is 1. The largest absolute Gasteiger partial charge is 0.438 e. The standard InChI is InChI=1S/CH6OSi.Al.3H/c1-3-2;;;;/h2H,3H2,1H3;;;;. The first-order chi connectivity index (χ1) is 1.41. The average molecular weight is 92.2 g/mol. The molecular formula is CH9AlOSi. The van der Waals surface area contributed by atoms with Gasteiger partial charge in [-0.15, -0.1) is 0 Å². The van der Waals surface area contributed by atoms with Gasteiger partial charge in [0, 0.05) is 0 Å². The quantitative estimate of drug-likeness (QED) is 0.340. The van der Waals surface area contributed by atoms with Crippen molar-refractivity contribution in [3.63, 3.8) is 0 Å². The summed E-state index contributed by atoms with van der Waals surface area (Å²) in [6, 6.07) is 0. The maximum absolute atomic E-state index is 7.71. The van der Waals surface area contributed by atoms with Gasteiger partial charge in [-0.05, 0) is 0 Å². The molecule has 0 aliphatic carbocycles. The molecule has 0 saturated carbocycles. The van der Waals surface area contributed by atoms with Gasteiger partial charge in [0.05, 0.1) is 0 Å². The number of hydrogen-bond acceptors (Lipinski definition) is 1. The Morgan fingerprint density at radius 1 is 1.75 bits per heavy atom. The highest BCUT2D eigenvalue weighted by Crippen LogP contribution is 1.24. The second kappa shape index (κ2) is 9.32. The van der Waals surface area contributed by atoms with E-state index in [9.17, 15) is 0 Å². The molecule has 1 nitrogen and oxygen atoms in total.